The maximum atomic E-state index is 10.6. The minimum absolute atomic E-state index is 0.912. The first kappa shape index (κ1) is 11.9. The fraction of sp³-hybridized carbons (Fsp3) is 0.308. The lowest BCUT2D eigenvalue weighted by Gasteiger charge is -2.20. The Morgan fingerprint density at radius 2 is 1.80 bits per heavy atom. The summed E-state index contributed by atoms with van der Waals surface area (Å²) in [6, 6.07) is 10.3. The van der Waals surface area contributed by atoms with E-state index in [9.17, 15) is 4.79 Å². The predicted octanol–water partition coefficient (Wildman–Crippen LogP) is 3.23. The highest BCUT2D eigenvalue weighted by Crippen LogP contribution is 2.18. The van der Waals surface area contributed by atoms with Crippen molar-refractivity contribution in [1.82, 2.24) is 0 Å². The van der Waals surface area contributed by atoms with E-state index in [4.69, 9.17) is 0 Å². The van der Waals surface area contributed by atoms with Crippen molar-refractivity contribution < 1.29 is 4.79 Å². The summed E-state index contributed by atoms with van der Waals surface area (Å²) >= 11 is 0. The standard InChI is InChI=1S/C13H18OSi/c1-15(2,3)13(9-10-14)11-12-7-5-4-6-8-12/h4-10H,11H2,1-3H3/b13-9-. The molecule has 1 rings (SSSR count). The van der Waals surface area contributed by atoms with E-state index >= 15 is 0 Å². The number of rotatable bonds is 4. The lowest BCUT2D eigenvalue weighted by Crippen LogP contribution is -2.25. The Bertz CT molecular complexity index is 347. The van der Waals surface area contributed by atoms with Crippen molar-refractivity contribution in [1.29, 1.82) is 0 Å². The summed E-state index contributed by atoms with van der Waals surface area (Å²) < 4.78 is 0. The van der Waals surface area contributed by atoms with Gasteiger partial charge in [0.2, 0.25) is 0 Å². The predicted molar refractivity (Wildman–Crippen MR) is 67.6 cm³/mol. The topological polar surface area (TPSA) is 17.1 Å². The summed E-state index contributed by atoms with van der Waals surface area (Å²) in [6.07, 6.45) is 3.57. The molecular weight excluding hydrogens is 200 g/mol. The Morgan fingerprint density at radius 1 is 1.20 bits per heavy atom. The molecule has 0 aliphatic rings. The number of carbonyl (C=O) groups excluding carboxylic acids is 1. The fourth-order valence-electron chi connectivity index (χ4n) is 1.47. The molecule has 0 amide bonds. The van der Waals surface area contributed by atoms with Gasteiger partial charge in [-0.1, -0.05) is 55.2 Å². The van der Waals surface area contributed by atoms with Gasteiger partial charge in [0, 0.05) is 0 Å². The van der Waals surface area contributed by atoms with Crippen molar-refractivity contribution in [2.45, 2.75) is 26.1 Å². The lowest BCUT2D eigenvalue weighted by molar-refractivity contribution is -0.104. The molecule has 0 aliphatic carbocycles. The molecule has 0 saturated carbocycles. The van der Waals surface area contributed by atoms with Crippen LogP contribution in [-0.4, -0.2) is 14.4 Å². The minimum atomic E-state index is -1.36. The summed E-state index contributed by atoms with van der Waals surface area (Å²) in [5, 5.41) is 1.31. The molecule has 0 N–H and O–H groups in total. The van der Waals surface area contributed by atoms with Crippen molar-refractivity contribution in [2.75, 3.05) is 0 Å². The Morgan fingerprint density at radius 3 is 2.27 bits per heavy atom. The zero-order valence-corrected chi connectivity index (χ0v) is 10.7. The van der Waals surface area contributed by atoms with Crippen LogP contribution >= 0.6 is 0 Å². The van der Waals surface area contributed by atoms with Crippen LogP contribution in [0.3, 0.4) is 0 Å². The molecular formula is C13H18OSi. The smallest absolute Gasteiger partial charge is 0.142 e. The summed E-state index contributed by atoms with van der Waals surface area (Å²) in [4.78, 5) is 10.6. The van der Waals surface area contributed by atoms with Gasteiger partial charge in [-0.25, -0.2) is 0 Å². The number of aldehydes is 1. The second kappa shape index (κ2) is 5.08. The third kappa shape index (κ3) is 3.84. The average molecular weight is 218 g/mol. The average Bonchev–Trinajstić information content (AvgIpc) is 2.17. The zero-order chi connectivity index (χ0) is 11.3. The molecule has 0 spiro atoms. The van der Waals surface area contributed by atoms with Gasteiger partial charge < -0.3 is 0 Å². The van der Waals surface area contributed by atoms with Gasteiger partial charge in [-0.2, -0.15) is 0 Å². The quantitative estimate of drug-likeness (QED) is 0.431. The second-order valence-electron chi connectivity index (χ2n) is 4.74. The van der Waals surface area contributed by atoms with Crippen LogP contribution in [0.25, 0.3) is 0 Å². The van der Waals surface area contributed by atoms with Gasteiger partial charge in [0.25, 0.3) is 0 Å². The van der Waals surface area contributed by atoms with E-state index < -0.39 is 8.07 Å². The summed E-state index contributed by atoms with van der Waals surface area (Å²) in [6.45, 7) is 6.81. The van der Waals surface area contributed by atoms with Gasteiger partial charge in [0.15, 0.2) is 0 Å². The van der Waals surface area contributed by atoms with Gasteiger partial charge in [0.1, 0.15) is 6.29 Å². The van der Waals surface area contributed by atoms with Crippen molar-refractivity contribution in [3.63, 3.8) is 0 Å². The van der Waals surface area contributed by atoms with Crippen molar-refractivity contribution in [3.8, 4) is 0 Å². The van der Waals surface area contributed by atoms with Crippen LogP contribution in [0.2, 0.25) is 19.6 Å². The highest BCUT2D eigenvalue weighted by molar-refractivity contribution is 6.83. The van der Waals surface area contributed by atoms with Crippen LogP contribution in [0.4, 0.5) is 0 Å². The molecule has 0 aliphatic heterocycles. The Kier molecular flexibility index (Phi) is 4.03. The van der Waals surface area contributed by atoms with E-state index in [2.05, 4.69) is 31.8 Å². The van der Waals surface area contributed by atoms with Crippen molar-refractivity contribution >= 4 is 14.4 Å². The van der Waals surface area contributed by atoms with Gasteiger partial charge in [-0.3, -0.25) is 4.79 Å². The van der Waals surface area contributed by atoms with Gasteiger partial charge in [0.05, 0.1) is 8.07 Å². The van der Waals surface area contributed by atoms with E-state index in [-0.39, 0.29) is 0 Å². The molecule has 1 nitrogen and oxygen atoms in total. The van der Waals surface area contributed by atoms with Crippen molar-refractivity contribution in [2.24, 2.45) is 0 Å². The minimum Gasteiger partial charge on any atom is -0.299 e. The molecule has 1 aromatic carbocycles. The van der Waals surface area contributed by atoms with Crippen molar-refractivity contribution in [3.05, 3.63) is 47.2 Å². The van der Waals surface area contributed by atoms with Gasteiger partial charge >= 0.3 is 0 Å². The first-order valence-corrected chi connectivity index (χ1v) is 8.73. The SMILES string of the molecule is C[Si](C)(C)/C(=C\C=O)Cc1ccccc1. The fourth-order valence-corrected chi connectivity index (χ4v) is 2.77. The van der Waals surface area contributed by atoms with Gasteiger partial charge in [-0.05, 0) is 18.1 Å². The van der Waals surface area contributed by atoms with E-state index in [1.54, 1.807) is 6.08 Å². The molecule has 0 radical (unpaired) electrons. The van der Waals surface area contributed by atoms with Crippen LogP contribution in [0.5, 0.6) is 0 Å². The van der Waals surface area contributed by atoms with E-state index in [1.807, 2.05) is 18.2 Å². The van der Waals surface area contributed by atoms with Crippen LogP contribution in [0, 0.1) is 0 Å². The normalized spacial score (nSPS) is 12.6. The van der Waals surface area contributed by atoms with Gasteiger partial charge in [-0.15, -0.1) is 0 Å². The monoisotopic (exact) mass is 218 g/mol. The lowest BCUT2D eigenvalue weighted by atomic mass is 10.1. The number of hydrogen-bond donors (Lipinski definition) is 0. The second-order valence-corrected chi connectivity index (χ2v) is 9.88. The molecule has 0 saturated heterocycles. The molecule has 15 heavy (non-hydrogen) atoms. The molecule has 1 aromatic rings. The van der Waals surface area contributed by atoms with Crippen LogP contribution < -0.4 is 0 Å². The molecule has 0 heterocycles. The molecule has 0 aromatic heterocycles. The Labute approximate surface area is 92.8 Å². The first-order chi connectivity index (χ1) is 7.04. The largest absolute Gasteiger partial charge is 0.299 e. The van der Waals surface area contributed by atoms with E-state index in [0.29, 0.717) is 0 Å². The van der Waals surface area contributed by atoms with Crippen LogP contribution in [0.1, 0.15) is 5.56 Å². The first-order valence-electron chi connectivity index (χ1n) is 5.23. The third-order valence-corrected chi connectivity index (χ3v) is 4.74. The summed E-state index contributed by atoms with van der Waals surface area (Å²) in [5.41, 5.74) is 1.29. The third-order valence-electron chi connectivity index (χ3n) is 2.47. The zero-order valence-electron chi connectivity index (χ0n) is 9.66. The summed E-state index contributed by atoms with van der Waals surface area (Å²) in [5.74, 6) is 0. The van der Waals surface area contributed by atoms with Crippen LogP contribution in [-0.2, 0) is 11.2 Å². The van der Waals surface area contributed by atoms with E-state index in [0.717, 1.165) is 12.7 Å². The molecule has 0 fully saturated rings. The number of carbonyl (C=O) groups is 1. The maximum absolute atomic E-state index is 10.6. The molecule has 0 atom stereocenters. The van der Waals surface area contributed by atoms with E-state index in [1.165, 1.54) is 10.8 Å². The Balaban J connectivity index is 2.86. The number of hydrogen-bond acceptors (Lipinski definition) is 1. The highest BCUT2D eigenvalue weighted by Gasteiger charge is 2.19. The highest BCUT2D eigenvalue weighted by atomic mass is 28.3. The molecule has 0 bridgehead atoms. The van der Waals surface area contributed by atoms with Crippen LogP contribution in [0.15, 0.2) is 41.6 Å². The molecule has 80 valence electrons. The molecule has 0 unspecified atom stereocenters. The maximum Gasteiger partial charge on any atom is 0.142 e. The number of allylic oxidation sites excluding steroid dienone is 2. The molecule has 2 heteroatoms. The summed E-state index contributed by atoms with van der Waals surface area (Å²) in [7, 11) is -1.36. The Hall–Kier alpha value is -1.15. The number of benzene rings is 1.